The summed E-state index contributed by atoms with van der Waals surface area (Å²) in [6, 6.07) is 3.98. The Kier molecular flexibility index (Phi) is 4.51. The van der Waals surface area contributed by atoms with Gasteiger partial charge in [-0.1, -0.05) is 6.42 Å². The number of methoxy groups -OCH3 is 1. The third-order valence-electron chi connectivity index (χ3n) is 4.24. The summed E-state index contributed by atoms with van der Waals surface area (Å²) in [6.45, 7) is 1.95. The van der Waals surface area contributed by atoms with Gasteiger partial charge < -0.3 is 24.6 Å². The van der Waals surface area contributed by atoms with Gasteiger partial charge in [-0.3, -0.25) is 0 Å². The smallest absolute Gasteiger partial charge is 0.231 e. The van der Waals surface area contributed by atoms with Crippen molar-refractivity contribution in [3.8, 4) is 17.2 Å². The lowest BCUT2D eigenvalue weighted by atomic mass is 9.87. The molecule has 1 aliphatic heterocycles. The maximum Gasteiger partial charge on any atom is 0.231 e. The van der Waals surface area contributed by atoms with Gasteiger partial charge in [-0.15, -0.1) is 0 Å². The van der Waals surface area contributed by atoms with E-state index in [1.165, 1.54) is 6.42 Å². The number of ether oxygens (including phenoxy) is 3. The van der Waals surface area contributed by atoms with Crippen molar-refractivity contribution in [2.75, 3.05) is 20.4 Å². The molecule has 116 valence electrons. The molecule has 5 nitrogen and oxygen atoms in total. The van der Waals surface area contributed by atoms with Crippen molar-refractivity contribution in [3.63, 3.8) is 0 Å². The van der Waals surface area contributed by atoms with Crippen LogP contribution in [0.25, 0.3) is 0 Å². The molecule has 2 aliphatic rings. The van der Waals surface area contributed by atoms with Gasteiger partial charge in [0.15, 0.2) is 11.5 Å². The second kappa shape index (κ2) is 6.54. The van der Waals surface area contributed by atoms with Crippen LogP contribution >= 0.6 is 0 Å². The fourth-order valence-corrected chi connectivity index (χ4v) is 3.15. The number of rotatable bonds is 5. The number of aliphatic hydroxyl groups excluding tert-OH is 1. The molecule has 1 heterocycles. The van der Waals surface area contributed by atoms with Crippen molar-refractivity contribution in [2.24, 2.45) is 5.92 Å². The van der Waals surface area contributed by atoms with Crippen LogP contribution < -0.4 is 19.5 Å². The first kappa shape index (κ1) is 14.5. The van der Waals surface area contributed by atoms with Crippen molar-refractivity contribution < 1.29 is 19.3 Å². The molecule has 0 radical (unpaired) electrons. The lowest BCUT2D eigenvalue weighted by Crippen LogP contribution is -2.28. The van der Waals surface area contributed by atoms with Crippen LogP contribution in [0.5, 0.6) is 17.2 Å². The van der Waals surface area contributed by atoms with Crippen LogP contribution in [0.4, 0.5) is 0 Å². The van der Waals surface area contributed by atoms with Crippen LogP contribution in [0.1, 0.15) is 31.2 Å². The maximum absolute atomic E-state index is 9.70. The second-order valence-corrected chi connectivity index (χ2v) is 5.85. The van der Waals surface area contributed by atoms with Crippen LogP contribution in [-0.2, 0) is 6.54 Å². The number of aliphatic hydroxyl groups is 1. The number of nitrogens with one attached hydrogen (secondary N) is 1. The van der Waals surface area contributed by atoms with Crippen molar-refractivity contribution in [2.45, 2.75) is 38.3 Å². The Morgan fingerprint density at radius 1 is 1.33 bits per heavy atom. The Morgan fingerprint density at radius 3 is 3.05 bits per heavy atom. The van der Waals surface area contributed by atoms with Gasteiger partial charge in [0.1, 0.15) is 0 Å². The molecule has 0 saturated heterocycles. The summed E-state index contributed by atoms with van der Waals surface area (Å²) in [5.74, 6) is 2.73. The van der Waals surface area contributed by atoms with Crippen LogP contribution in [0.15, 0.2) is 12.1 Å². The largest absolute Gasteiger partial charge is 0.493 e. The first-order valence-corrected chi connectivity index (χ1v) is 7.61. The van der Waals surface area contributed by atoms with E-state index in [4.69, 9.17) is 14.2 Å². The molecular formula is C16H23NO4. The zero-order chi connectivity index (χ0) is 14.7. The normalized spacial score (nSPS) is 24.1. The van der Waals surface area contributed by atoms with Gasteiger partial charge in [0.05, 0.1) is 13.2 Å². The summed E-state index contributed by atoms with van der Waals surface area (Å²) in [7, 11) is 1.64. The van der Waals surface area contributed by atoms with Gasteiger partial charge in [0.2, 0.25) is 12.5 Å². The van der Waals surface area contributed by atoms with Gasteiger partial charge in [-0.2, -0.15) is 0 Å². The fraction of sp³-hybridized carbons (Fsp3) is 0.625. The molecule has 2 atom stereocenters. The predicted octanol–water partition coefficient (Wildman–Crippen LogP) is 2.06. The van der Waals surface area contributed by atoms with E-state index in [9.17, 15) is 5.11 Å². The monoisotopic (exact) mass is 293 g/mol. The average molecular weight is 293 g/mol. The molecule has 1 saturated carbocycles. The summed E-state index contributed by atoms with van der Waals surface area (Å²) in [5, 5.41) is 13.2. The van der Waals surface area contributed by atoms with Gasteiger partial charge >= 0.3 is 0 Å². The highest BCUT2D eigenvalue weighted by molar-refractivity contribution is 5.55. The average Bonchev–Trinajstić information content (AvgIpc) is 2.95. The highest BCUT2D eigenvalue weighted by Gasteiger charge is 2.21. The summed E-state index contributed by atoms with van der Waals surface area (Å²) >= 11 is 0. The van der Waals surface area contributed by atoms with E-state index in [2.05, 4.69) is 5.32 Å². The molecule has 0 bridgehead atoms. The van der Waals surface area contributed by atoms with Gasteiger partial charge in [0.25, 0.3) is 0 Å². The first-order valence-electron chi connectivity index (χ1n) is 7.61. The Morgan fingerprint density at radius 2 is 2.24 bits per heavy atom. The molecule has 0 amide bonds. The standard InChI is InChI=1S/C16H23NO4/c1-19-14-6-12(7-15-16(14)21-10-20-15)9-17-8-11-3-2-4-13(18)5-11/h6-7,11,13,17-18H,2-5,8-10H2,1H3. The van der Waals surface area contributed by atoms with E-state index in [1.54, 1.807) is 7.11 Å². The van der Waals surface area contributed by atoms with Crippen molar-refractivity contribution in [1.29, 1.82) is 0 Å². The maximum atomic E-state index is 9.70. The lowest BCUT2D eigenvalue weighted by molar-refractivity contribution is 0.101. The quantitative estimate of drug-likeness (QED) is 0.870. The first-order chi connectivity index (χ1) is 10.3. The van der Waals surface area contributed by atoms with Gasteiger partial charge in [-0.05, 0) is 49.4 Å². The van der Waals surface area contributed by atoms with Gasteiger partial charge in [0, 0.05) is 6.54 Å². The van der Waals surface area contributed by atoms with Crippen LogP contribution in [0.2, 0.25) is 0 Å². The van der Waals surface area contributed by atoms with Crippen molar-refractivity contribution in [3.05, 3.63) is 17.7 Å². The van der Waals surface area contributed by atoms with E-state index < -0.39 is 0 Å². The minimum atomic E-state index is -0.115. The van der Waals surface area contributed by atoms with Crippen LogP contribution in [0.3, 0.4) is 0 Å². The van der Waals surface area contributed by atoms with E-state index in [0.29, 0.717) is 11.7 Å². The van der Waals surface area contributed by atoms with E-state index in [-0.39, 0.29) is 12.9 Å². The molecular weight excluding hydrogens is 270 g/mol. The minimum Gasteiger partial charge on any atom is -0.493 e. The fourth-order valence-electron chi connectivity index (χ4n) is 3.15. The number of benzene rings is 1. The molecule has 1 aromatic rings. The zero-order valence-electron chi connectivity index (χ0n) is 12.4. The molecule has 1 fully saturated rings. The summed E-state index contributed by atoms with van der Waals surface area (Å²) in [4.78, 5) is 0. The number of hydrogen-bond donors (Lipinski definition) is 2. The number of fused-ring (bicyclic) bond motifs is 1. The summed E-state index contributed by atoms with van der Waals surface area (Å²) in [6.07, 6.45) is 4.09. The Balaban J connectivity index is 1.56. The molecule has 3 rings (SSSR count). The Bertz CT molecular complexity index is 491. The number of hydrogen-bond acceptors (Lipinski definition) is 5. The van der Waals surface area contributed by atoms with E-state index >= 15 is 0 Å². The minimum absolute atomic E-state index is 0.115. The molecule has 0 spiro atoms. The van der Waals surface area contributed by atoms with Crippen molar-refractivity contribution >= 4 is 0 Å². The Labute approximate surface area is 125 Å². The SMILES string of the molecule is COc1cc(CNCC2CCCC(O)C2)cc2c1OCO2. The van der Waals surface area contributed by atoms with Crippen LogP contribution in [-0.4, -0.2) is 31.7 Å². The summed E-state index contributed by atoms with van der Waals surface area (Å²) in [5.41, 5.74) is 1.12. The Hall–Kier alpha value is -1.46. The molecule has 21 heavy (non-hydrogen) atoms. The third kappa shape index (κ3) is 3.41. The molecule has 1 aliphatic carbocycles. The van der Waals surface area contributed by atoms with Gasteiger partial charge in [-0.25, -0.2) is 0 Å². The molecule has 1 aromatic carbocycles. The molecule has 2 unspecified atom stereocenters. The second-order valence-electron chi connectivity index (χ2n) is 5.85. The van der Waals surface area contributed by atoms with Crippen molar-refractivity contribution in [1.82, 2.24) is 5.32 Å². The predicted molar refractivity (Wildman–Crippen MR) is 78.8 cm³/mol. The zero-order valence-corrected chi connectivity index (χ0v) is 12.4. The highest BCUT2D eigenvalue weighted by Crippen LogP contribution is 2.41. The molecule has 0 aromatic heterocycles. The van der Waals surface area contributed by atoms with E-state index in [1.807, 2.05) is 12.1 Å². The van der Waals surface area contributed by atoms with Crippen LogP contribution in [0, 0.1) is 5.92 Å². The third-order valence-corrected chi connectivity index (χ3v) is 4.24. The summed E-state index contributed by atoms with van der Waals surface area (Å²) < 4.78 is 16.2. The molecule has 2 N–H and O–H groups in total. The molecule has 5 heteroatoms. The lowest BCUT2D eigenvalue weighted by Gasteiger charge is -2.26. The highest BCUT2D eigenvalue weighted by atomic mass is 16.7. The van der Waals surface area contributed by atoms with E-state index in [0.717, 1.165) is 49.4 Å². The topological polar surface area (TPSA) is 60.0 Å².